The number of hydrogen-bond donors (Lipinski definition) is 2. The van der Waals surface area contributed by atoms with E-state index in [1.807, 2.05) is 20.8 Å². The topological polar surface area (TPSA) is 74.6 Å². The third kappa shape index (κ3) is 6.77. The first kappa shape index (κ1) is 13.3. The van der Waals surface area contributed by atoms with E-state index in [2.05, 4.69) is 0 Å². The highest BCUT2D eigenvalue weighted by molar-refractivity contribution is 8.00. The molecule has 0 rings (SSSR count). The van der Waals surface area contributed by atoms with Crippen LogP contribution in [0.3, 0.4) is 0 Å². The molecule has 2 N–H and O–H groups in total. The fraction of sp³-hybridized carbons (Fsp3) is 0.778. The second-order valence-corrected chi connectivity index (χ2v) is 5.49. The summed E-state index contributed by atoms with van der Waals surface area (Å²) in [6, 6.07) is 0. The van der Waals surface area contributed by atoms with Crippen molar-refractivity contribution in [1.82, 2.24) is 0 Å². The molecule has 1 unspecified atom stereocenters. The van der Waals surface area contributed by atoms with E-state index >= 15 is 0 Å². The first-order valence-electron chi connectivity index (χ1n) is 4.28. The van der Waals surface area contributed by atoms with Crippen LogP contribution in [0.2, 0.25) is 0 Å². The number of aliphatic carboxylic acids is 2. The minimum atomic E-state index is -1.07. The van der Waals surface area contributed by atoms with Gasteiger partial charge in [0.25, 0.3) is 0 Å². The molecule has 0 saturated heterocycles. The Hall–Kier alpha value is -0.710. The van der Waals surface area contributed by atoms with Crippen molar-refractivity contribution in [3.8, 4) is 0 Å². The molecule has 0 aromatic heterocycles. The lowest BCUT2D eigenvalue weighted by molar-refractivity contribution is -0.142. The molecule has 0 fully saturated rings. The summed E-state index contributed by atoms with van der Waals surface area (Å²) in [6.45, 7) is 5.96. The Balaban J connectivity index is 4.11. The molecule has 0 aromatic carbocycles. The molecule has 1 atom stereocenters. The van der Waals surface area contributed by atoms with Gasteiger partial charge in [0, 0.05) is 0 Å². The molecule has 0 aromatic rings. The first-order chi connectivity index (χ1) is 6.22. The molecule has 0 aliphatic rings. The zero-order valence-electron chi connectivity index (χ0n) is 8.61. The normalized spacial score (nSPS) is 13.6. The van der Waals surface area contributed by atoms with E-state index in [0.29, 0.717) is 5.75 Å². The molecule has 0 spiro atoms. The van der Waals surface area contributed by atoms with E-state index < -0.39 is 17.2 Å². The summed E-state index contributed by atoms with van der Waals surface area (Å²) < 4.78 is 0. The van der Waals surface area contributed by atoms with Gasteiger partial charge in [-0.2, -0.15) is 0 Å². The van der Waals surface area contributed by atoms with Crippen LogP contribution in [-0.2, 0) is 9.59 Å². The van der Waals surface area contributed by atoms with E-state index in [-0.39, 0.29) is 11.8 Å². The highest BCUT2D eigenvalue weighted by Crippen LogP contribution is 2.25. The summed E-state index contributed by atoms with van der Waals surface area (Å²) in [5, 5.41) is 16.4. The fourth-order valence-corrected chi connectivity index (χ4v) is 1.83. The van der Waals surface area contributed by atoms with Crippen molar-refractivity contribution >= 4 is 23.7 Å². The van der Waals surface area contributed by atoms with E-state index in [1.54, 1.807) is 0 Å². The van der Waals surface area contributed by atoms with Gasteiger partial charge in [-0.15, -0.1) is 11.8 Å². The van der Waals surface area contributed by atoms with Gasteiger partial charge in [0.05, 0.1) is 6.42 Å². The molecule has 0 saturated carbocycles. The smallest absolute Gasteiger partial charge is 0.317 e. The summed E-state index contributed by atoms with van der Waals surface area (Å²) >= 11 is 1.18. The molecule has 5 heteroatoms. The first-order valence-corrected chi connectivity index (χ1v) is 5.33. The molecule has 0 aliphatic heterocycles. The van der Waals surface area contributed by atoms with Gasteiger partial charge >= 0.3 is 11.9 Å². The lowest BCUT2D eigenvalue weighted by atomic mass is 10.0. The standard InChI is InChI=1S/C9H16O4S/c1-9(2,3)5-14-6(8(12)13)4-7(10)11/h6H,4-5H2,1-3H3,(H,10,11)(H,12,13). The van der Waals surface area contributed by atoms with Gasteiger partial charge in [0.1, 0.15) is 5.25 Å². The van der Waals surface area contributed by atoms with E-state index in [1.165, 1.54) is 11.8 Å². The van der Waals surface area contributed by atoms with Crippen molar-refractivity contribution in [3.63, 3.8) is 0 Å². The maximum Gasteiger partial charge on any atom is 0.317 e. The van der Waals surface area contributed by atoms with Gasteiger partial charge < -0.3 is 10.2 Å². The maximum absolute atomic E-state index is 10.7. The third-order valence-corrected chi connectivity index (χ3v) is 3.16. The van der Waals surface area contributed by atoms with Gasteiger partial charge in [0.2, 0.25) is 0 Å². The van der Waals surface area contributed by atoms with Gasteiger partial charge in [0.15, 0.2) is 0 Å². The SMILES string of the molecule is CC(C)(C)CSC(CC(=O)O)C(=O)O. The molecule has 0 amide bonds. The van der Waals surface area contributed by atoms with E-state index in [9.17, 15) is 9.59 Å². The van der Waals surface area contributed by atoms with E-state index in [0.717, 1.165) is 0 Å². The second-order valence-electron chi connectivity index (χ2n) is 4.30. The van der Waals surface area contributed by atoms with Gasteiger partial charge in [-0.05, 0) is 11.2 Å². The van der Waals surface area contributed by atoms with Crippen molar-refractivity contribution in [3.05, 3.63) is 0 Å². The Morgan fingerprint density at radius 2 is 1.79 bits per heavy atom. The van der Waals surface area contributed by atoms with Crippen molar-refractivity contribution in [2.45, 2.75) is 32.4 Å². The minimum Gasteiger partial charge on any atom is -0.481 e. The summed E-state index contributed by atoms with van der Waals surface area (Å²) in [6.07, 6.45) is -0.323. The van der Waals surface area contributed by atoms with Crippen LogP contribution in [0.25, 0.3) is 0 Å². The number of hydrogen-bond acceptors (Lipinski definition) is 3. The van der Waals surface area contributed by atoms with Crippen molar-refractivity contribution in [2.75, 3.05) is 5.75 Å². The van der Waals surface area contributed by atoms with Crippen LogP contribution in [-0.4, -0.2) is 33.2 Å². The Morgan fingerprint density at radius 1 is 1.29 bits per heavy atom. The van der Waals surface area contributed by atoms with Crippen LogP contribution in [0, 0.1) is 5.41 Å². The Labute approximate surface area is 87.7 Å². The highest BCUT2D eigenvalue weighted by atomic mass is 32.2. The Kier molecular flexibility index (Phi) is 4.97. The molecule has 0 heterocycles. The number of thioether (sulfide) groups is 1. The van der Waals surface area contributed by atoms with Crippen LogP contribution < -0.4 is 0 Å². The highest BCUT2D eigenvalue weighted by Gasteiger charge is 2.23. The van der Waals surface area contributed by atoms with Crippen LogP contribution in [0.4, 0.5) is 0 Å². The summed E-state index contributed by atoms with van der Waals surface area (Å²) in [7, 11) is 0. The average molecular weight is 220 g/mol. The maximum atomic E-state index is 10.7. The number of rotatable bonds is 5. The molecule has 0 bridgehead atoms. The van der Waals surface area contributed by atoms with Gasteiger partial charge in [-0.25, -0.2) is 0 Å². The lowest BCUT2D eigenvalue weighted by Crippen LogP contribution is -2.23. The Morgan fingerprint density at radius 3 is 2.07 bits per heavy atom. The monoisotopic (exact) mass is 220 g/mol. The zero-order valence-corrected chi connectivity index (χ0v) is 9.43. The predicted octanol–water partition coefficient (Wildman–Crippen LogP) is 1.69. The summed E-state index contributed by atoms with van der Waals surface area (Å²) in [5.41, 5.74) is 0.0108. The Bertz CT molecular complexity index is 219. The van der Waals surface area contributed by atoms with Crippen LogP contribution in [0.5, 0.6) is 0 Å². The molecule has 4 nitrogen and oxygen atoms in total. The van der Waals surface area contributed by atoms with Gasteiger partial charge in [-0.1, -0.05) is 20.8 Å². The number of carboxylic acid groups (broad SMARTS) is 2. The van der Waals surface area contributed by atoms with Crippen LogP contribution in [0.1, 0.15) is 27.2 Å². The van der Waals surface area contributed by atoms with E-state index in [4.69, 9.17) is 10.2 Å². The second kappa shape index (κ2) is 5.24. The minimum absolute atomic E-state index is 0.0108. The zero-order chi connectivity index (χ0) is 11.4. The van der Waals surface area contributed by atoms with Crippen molar-refractivity contribution < 1.29 is 19.8 Å². The van der Waals surface area contributed by atoms with Crippen molar-refractivity contribution in [2.24, 2.45) is 5.41 Å². The molecule has 82 valence electrons. The van der Waals surface area contributed by atoms with Gasteiger partial charge in [-0.3, -0.25) is 9.59 Å². The fourth-order valence-electron chi connectivity index (χ4n) is 0.727. The molecular weight excluding hydrogens is 204 g/mol. The van der Waals surface area contributed by atoms with Crippen LogP contribution in [0.15, 0.2) is 0 Å². The lowest BCUT2D eigenvalue weighted by Gasteiger charge is -2.19. The van der Waals surface area contributed by atoms with Crippen molar-refractivity contribution in [1.29, 1.82) is 0 Å². The third-order valence-electron chi connectivity index (χ3n) is 1.35. The molecular formula is C9H16O4S. The molecule has 0 radical (unpaired) electrons. The largest absolute Gasteiger partial charge is 0.481 e. The quantitative estimate of drug-likeness (QED) is 0.737. The summed E-state index contributed by atoms with van der Waals surface area (Å²) in [5.74, 6) is -1.49. The number of carboxylic acids is 2. The average Bonchev–Trinajstić information content (AvgIpc) is 1.94. The number of carbonyl (C=O) groups is 2. The molecule has 0 aliphatic carbocycles. The van der Waals surface area contributed by atoms with Crippen LogP contribution >= 0.6 is 11.8 Å². The predicted molar refractivity (Wildman–Crippen MR) is 55.6 cm³/mol. The molecule has 14 heavy (non-hydrogen) atoms. The summed E-state index contributed by atoms with van der Waals surface area (Å²) in [4.78, 5) is 21.0.